The highest BCUT2D eigenvalue weighted by molar-refractivity contribution is 6.05. The van der Waals surface area contributed by atoms with Gasteiger partial charge in [-0.15, -0.1) is 0 Å². The SMILES string of the molecule is COc1cccc(-c2cc(C(=O)Nc3ccc(-c4ccc(OC5CCNCC5)cc4)cc3)ccc2OC(C)=O)c1. The number of hydrogen-bond acceptors (Lipinski definition) is 6. The molecule has 0 unspecified atom stereocenters. The van der Waals surface area contributed by atoms with E-state index in [0.29, 0.717) is 28.3 Å². The molecular formula is C33H32N2O5. The molecule has 5 rings (SSSR count). The molecule has 40 heavy (non-hydrogen) atoms. The maximum absolute atomic E-state index is 13.1. The highest BCUT2D eigenvalue weighted by Gasteiger charge is 2.16. The summed E-state index contributed by atoms with van der Waals surface area (Å²) in [4.78, 5) is 24.8. The van der Waals surface area contributed by atoms with Crippen LogP contribution in [0.15, 0.2) is 91.0 Å². The molecule has 204 valence electrons. The number of piperidine rings is 1. The lowest BCUT2D eigenvalue weighted by Crippen LogP contribution is -2.34. The van der Waals surface area contributed by atoms with Gasteiger partial charge in [-0.3, -0.25) is 9.59 Å². The van der Waals surface area contributed by atoms with Gasteiger partial charge in [-0.2, -0.15) is 0 Å². The molecule has 1 heterocycles. The molecule has 0 aromatic heterocycles. The van der Waals surface area contributed by atoms with Crippen LogP contribution in [0.4, 0.5) is 5.69 Å². The summed E-state index contributed by atoms with van der Waals surface area (Å²) in [6.45, 7) is 3.33. The highest BCUT2D eigenvalue weighted by atomic mass is 16.5. The molecule has 0 spiro atoms. The summed E-state index contributed by atoms with van der Waals surface area (Å²) in [6.07, 6.45) is 2.31. The highest BCUT2D eigenvalue weighted by Crippen LogP contribution is 2.34. The molecule has 7 nitrogen and oxygen atoms in total. The van der Waals surface area contributed by atoms with Crippen LogP contribution in [0.1, 0.15) is 30.1 Å². The lowest BCUT2D eigenvalue weighted by Gasteiger charge is -2.23. The summed E-state index contributed by atoms with van der Waals surface area (Å²) in [5.41, 5.74) is 4.59. The van der Waals surface area contributed by atoms with E-state index in [4.69, 9.17) is 14.2 Å². The fourth-order valence-corrected chi connectivity index (χ4v) is 4.71. The van der Waals surface area contributed by atoms with E-state index < -0.39 is 5.97 Å². The Morgan fingerprint density at radius 3 is 2.17 bits per heavy atom. The first-order valence-electron chi connectivity index (χ1n) is 13.3. The summed E-state index contributed by atoms with van der Waals surface area (Å²) in [7, 11) is 1.58. The number of methoxy groups -OCH3 is 1. The van der Waals surface area contributed by atoms with E-state index >= 15 is 0 Å². The van der Waals surface area contributed by atoms with E-state index in [0.717, 1.165) is 48.4 Å². The lowest BCUT2D eigenvalue weighted by molar-refractivity contribution is -0.131. The number of benzene rings is 4. The van der Waals surface area contributed by atoms with E-state index in [9.17, 15) is 9.59 Å². The Balaban J connectivity index is 1.29. The summed E-state index contributed by atoms with van der Waals surface area (Å²) in [6, 6.07) is 28.2. The number of rotatable bonds is 8. The second-order valence-corrected chi connectivity index (χ2v) is 9.66. The van der Waals surface area contributed by atoms with Crippen molar-refractivity contribution in [2.75, 3.05) is 25.5 Å². The Kier molecular flexibility index (Phi) is 8.42. The maximum atomic E-state index is 13.1. The van der Waals surface area contributed by atoms with Crippen molar-refractivity contribution in [3.8, 4) is 39.5 Å². The van der Waals surface area contributed by atoms with Crippen molar-refractivity contribution in [3.05, 3.63) is 96.6 Å². The quantitative estimate of drug-likeness (QED) is 0.202. The van der Waals surface area contributed by atoms with Crippen LogP contribution in [0, 0.1) is 0 Å². The van der Waals surface area contributed by atoms with Crippen LogP contribution in [0.25, 0.3) is 22.3 Å². The zero-order valence-corrected chi connectivity index (χ0v) is 22.6. The van der Waals surface area contributed by atoms with E-state index in [2.05, 4.69) is 22.8 Å². The van der Waals surface area contributed by atoms with E-state index in [1.807, 2.05) is 60.7 Å². The average molecular weight is 537 g/mol. The molecule has 0 bridgehead atoms. The first-order valence-corrected chi connectivity index (χ1v) is 13.3. The number of carbonyl (C=O) groups is 2. The predicted octanol–water partition coefficient (Wildman–Crippen LogP) is 6.34. The Morgan fingerprint density at radius 2 is 1.50 bits per heavy atom. The molecule has 2 N–H and O–H groups in total. The smallest absolute Gasteiger partial charge is 0.308 e. The van der Waals surface area contributed by atoms with Crippen molar-refractivity contribution in [2.24, 2.45) is 0 Å². The maximum Gasteiger partial charge on any atom is 0.308 e. The molecule has 1 fully saturated rings. The minimum Gasteiger partial charge on any atom is -0.497 e. The van der Waals surface area contributed by atoms with Gasteiger partial charge in [0.1, 0.15) is 23.4 Å². The van der Waals surface area contributed by atoms with Crippen molar-refractivity contribution in [1.82, 2.24) is 5.32 Å². The van der Waals surface area contributed by atoms with Crippen molar-refractivity contribution in [2.45, 2.75) is 25.9 Å². The summed E-state index contributed by atoms with van der Waals surface area (Å²) in [5.74, 6) is 1.20. The van der Waals surface area contributed by atoms with Crippen LogP contribution in [0.5, 0.6) is 17.2 Å². The molecule has 4 aromatic carbocycles. The summed E-state index contributed by atoms with van der Waals surface area (Å²) >= 11 is 0. The first kappa shape index (κ1) is 27.0. The molecule has 1 saturated heterocycles. The van der Waals surface area contributed by atoms with E-state index in [-0.39, 0.29) is 12.0 Å². The zero-order chi connectivity index (χ0) is 27.9. The number of esters is 1. The molecule has 1 amide bonds. The van der Waals surface area contributed by atoms with Gasteiger partial charge < -0.3 is 24.8 Å². The first-order chi connectivity index (χ1) is 19.5. The largest absolute Gasteiger partial charge is 0.497 e. The minimum atomic E-state index is -0.439. The molecule has 4 aromatic rings. The van der Waals surface area contributed by atoms with Crippen LogP contribution < -0.4 is 24.8 Å². The van der Waals surface area contributed by atoms with Crippen LogP contribution in [0.3, 0.4) is 0 Å². The molecule has 1 aliphatic heterocycles. The number of nitrogens with one attached hydrogen (secondary N) is 2. The van der Waals surface area contributed by atoms with Crippen LogP contribution in [-0.2, 0) is 4.79 Å². The molecule has 0 aliphatic carbocycles. The normalized spacial score (nSPS) is 13.3. The van der Waals surface area contributed by atoms with Crippen molar-refractivity contribution >= 4 is 17.6 Å². The van der Waals surface area contributed by atoms with Crippen LogP contribution >= 0.6 is 0 Å². The van der Waals surface area contributed by atoms with Gasteiger partial charge in [0.05, 0.1) is 7.11 Å². The molecule has 0 saturated carbocycles. The molecule has 0 atom stereocenters. The van der Waals surface area contributed by atoms with E-state index in [1.165, 1.54) is 6.92 Å². The second-order valence-electron chi connectivity index (χ2n) is 9.66. The van der Waals surface area contributed by atoms with Crippen molar-refractivity contribution < 1.29 is 23.8 Å². The fraction of sp³-hybridized carbons (Fsp3) is 0.212. The molecular weight excluding hydrogens is 504 g/mol. The number of anilines is 1. The third-order valence-corrected chi connectivity index (χ3v) is 6.80. The predicted molar refractivity (Wildman–Crippen MR) is 156 cm³/mol. The Hall–Kier alpha value is -4.62. The van der Waals surface area contributed by atoms with Gasteiger partial charge in [-0.25, -0.2) is 0 Å². The van der Waals surface area contributed by atoms with Gasteiger partial charge in [0.2, 0.25) is 0 Å². The van der Waals surface area contributed by atoms with Crippen LogP contribution in [-0.4, -0.2) is 38.2 Å². The average Bonchev–Trinajstić information content (AvgIpc) is 2.98. The minimum absolute atomic E-state index is 0.263. The third-order valence-electron chi connectivity index (χ3n) is 6.80. The van der Waals surface area contributed by atoms with Gasteiger partial charge >= 0.3 is 5.97 Å². The monoisotopic (exact) mass is 536 g/mol. The number of amides is 1. The lowest BCUT2D eigenvalue weighted by atomic mass is 10.0. The fourth-order valence-electron chi connectivity index (χ4n) is 4.71. The molecule has 0 radical (unpaired) electrons. The van der Waals surface area contributed by atoms with E-state index in [1.54, 1.807) is 25.3 Å². The van der Waals surface area contributed by atoms with Gasteiger partial charge in [-0.1, -0.05) is 36.4 Å². The van der Waals surface area contributed by atoms with Gasteiger partial charge in [-0.05, 0) is 97.2 Å². The zero-order valence-electron chi connectivity index (χ0n) is 22.6. The number of hydrogen-bond donors (Lipinski definition) is 2. The van der Waals surface area contributed by atoms with Gasteiger partial charge in [0.15, 0.2) is 0 Å². The molecule has 1 aliphatic rings. The topological polar surface area (TPSA) is 85.9 Å². The Morgan fingerprint density at radius 1 is 0.800 bits per heavy atom. The standard InChI is InChI=1S/C33H32N2O5/c1-22(36)39-32-15-10-26(21-31(32)25-4-3-5-30(20-25)38-2)33(37)35-27-11-6-23(7-12-27)24-8-13-28(14-9-24)40-29-16-18-34-19-17-29/h3-15,20-21,29,34H,16-19H2,1-2H3,(H,35,37). The Labute approximate surface area is 234 Å². The summed E-state index contributed by atoms with van der Waals surface area (Å²) in [5, 5.41) is 6.31. The summed E-state index contributed by atoms with van der Waals surface area (Å²) < 4.78 is 16.8. The number of ether oxygens (including phenoxy) is 3. The molecule has 7 heteroatoms. The Bertz CT molecular complexity index is 1480. The van der Waals surface area contributed by atoms with Gasteiger partial charge in [0, 0.05) is 23.7 Å². The second kappa shape index (κ2) is 12.5. The van der Waals surface area contributed by atoms with Crippen LogP contribution in [0.2, 0.25) is 0 Å². The number of carbonyl (C=O) groups excluding carboxylic acids is 2. The third kappa shape index (κ3) is 6.68. The van der Waals surface area contributed by atoms with Crippen molar-refractivity contribution in [1.29, 1.82) is 0 Å². The van der Waals surface area contributed by atoms with Gasteiger partial charge in [0.25, 0.3) is 5.91 Å². The van der Waals surface area contributed by atoms with Crippen molar-refractivity contribution in [3.63, 3.8) is 0 Å².